The molecule has 90 valence electrons. The van der Waals surface area contributed by atoms with E-state index in [4.69, 9.17) is 0 Å². The molecule has 1 heterocycles. The van der Waals surface area contributed by atoms with E-state index < -0.39 is 5.54 Å². The van der Waals surface area contributed by atoms with Crippen molar-refractivity contribution in [1.82, 2.24) is 10.6 Å². The zero-order valence-electron chi connectivity index (χ0n) is 10.0. The fourth-order valence-corrected chi connectivity index (χ4v) is 3.11. The van der Waals surface area contributed by atoms with Crippen LogP contribution in [-0.4, -0.2) is 17.5 Å². The van der Waals surface area contributed by atoms with Gasteiger partial charge in [0.25, 0.3) is 5.91 Å². The molecule has 3 amide bonds. The van der Waals surface area contributed by atoms with Crippen LogP contribution in [0.3, 0.4) is 0 Å². The average Bonchev–Trinajstić information content (AvgIpc) is 2.40. The summed E-state index contributed by atoms with van der Waals surface area (Å²) in [6, 6.07) is -0.324. The molecule has 4 heteroatoms. The first-order chi connectivity index (χ1) is 7.52. The first-order valence-electron chi connectivity index (χ1n) is 6.15. The highest BCUT2D eigenvalue weighted by Gasteiger charge is 2.48. The second-order valence-electron chi connectivity index (χ2n) is 5.58. The molecule has 2 aliphatic rings. The minimum Gasteiger partial charge on any atom is -0.323 e. The maximum atomic E-state index is 11.8. The van der Waals surface area contributed by atoms with Crippen LogP contribution in [-0.2, 0) is 4.79 Å². The first-order valence-corrected chi connectivity index (χ1v) is 6.15. The lowest BCUT2D eigenvalue weighted by molar-refractivity contribution is -0.125. The highest BCUT2D eigenvalue weighted by molar-refractivity contribution is 6.07. The van der Waals surface area contributed by atoms with E-state index in [9.17, 15) is 9.59 Å². The van der Waals surface area contributed by atoms with Gasteiger partial charge in [0.05, 0.1) is 0 Å². The molecule has 1 saturated heterocycles. The maximum absolute atomic E-state index is 11.8. The van der Waals surface area contributed by atoms with Crippen LogP contribution >= 0.6 is 0 Å². The first kappa shape index (κ1) is 11.4. The molecule has 2 fully saturated rings. The summed E-state index contributed by atoms with van der Waals surface area (Å²) < 4.78 is 0. The summed E-state index contributed by atoms with van der Waals surface area (Å²) in [6.45, 7) is 4.41. The van der Waals surface area contributed by atoms with Gasteiger partial charge in [-0.2, -0.15) is 0 Å². The van der Waals surface area contributed by atoms with E-state index in [-0.39, 0.29) is 11.9 Å². The molecule has 0 aromatic rings. The van der Waals surface area contributed by atoms with Gasteiger partial charge in [-0.25, -0.2) is 4.79 Å². The molecule has 1 saturated carbocycles. The largest absolute Gasteiger partial charge is 0.323 e. The lowest BCUT2D eigenvalue weighted by atomic mass is 9.73. The van der Waals surface area contributed by atoms with Crippen molar-refractivity contribution >= 4 is 11.9 Å². The van der Waals surface area contributed by atoms with E-state index in [2.05, 4.69) is 24.5 Å². The summed E-state index contributed by atoms with van der Waals surface area (Å²) in [5, 5.41) is 5.18. The quantitative estimate of drug-likeness (QED) is 0.703. The minimum absolute atomic E-state index is 0.119. The third kappa shape index (κ3) is 2.06. The molecular formula is C12H20N2O2. The van der Waals surface area contributed by atoms with E-state index in [0.29, 0.717) is 11.8 Å². The van der Waals surface area contributed by atoms with Gasteiger partial charge >= 0.3 is 6.03 Å². The van der Waals surface area contributed by atoms with Crippen LogP contribution in [0.15, 0.2) is 0 Å². The Bertz CT molecular complexity index is 314. The molecule has 16 heavy (non-hydrogen) atoms. The van der Waals surface area contributed by atoms with Gasteiger partial charge in [-0.15, -0.1) is 0 Å². The molecule has 0 aromatic heterocycles. The second-order valence-corrected chi connectivity index (χ2v) is 5.58. The zero-order chi connectivity index (χ0) is 11.8. The van der Waals surface area contributed by atoms with Crippen molar-refractivity contribution in [2.24, 2.45) is 11.8 Å². The lowest BCUT2D eigenvalue weighted by Gasteiger charge is -2.36. The fourth-order valence-electron chi connectivity index (χ4n) is 3.11. The van der Waals surface area contributed by atoms with E-state index in [1.54, 1.807) is 0 Å². The number of carbonyl (C=O) groups is 2. The average molecular weight is 224 g/mol. The van der Waals surface area contributed by atoms with E-state index in [1.165, 1.54) is 6.42 Å². The van der Waals surface area contributed by atoms with Crippen LogP contribution in [0.5, 0.6) is 0 Å². The molecule has 0 bridgehead atoms. The van der Waals surface area contributed by atoms with Gasteiger partial charge in [0.2, 0.25) is 0 Å². The van der Waals surface area contributed by atoms with Gasteiger partial charge in [-0.3, -0.25) is 10.1 Å². The van der Waals surface area contributed by atoms with Crippen LogP contribution in [0.4, 0.5) is 4.79 Å². The van der Waals surface area contributed by atoms with Crippen molar-refractivity contribution in [3.8, 4) is 0 Å². The van der Waals surface area contributed by atoms with Crippen molar-refractivity contribution in [1.29, 1.82) is 0 Å². The smallest absolute Gasteiger partial charge is 0.322 e. The van der Waals surface area contributed by atoms with Crippen LogP contribution < -0.4 is 10.6 Å². The van der Waals surface area contributed by atoms with Gasteiger partial charge in [0.1, 0.15) is 5.54 Å². The number of nitrogens with one attached hydrogen (secondary N) is 2. The van der Waals surface area contributed by atoms with Crippen molar-refractivity contribution in [2.75, 3.05) is 0 Å². The molecule has 2 rings (SSSR count). The molecule has 1 aliphatic carbocycles. The summed E-state index contributed by atoms with van der Waals surface area (Å²) in [6.07, 6.45) is 4.96. The predicted molar refractivity (Wildman–Crippen MR) is 60.8 cm³/mol. The number of urea groups is 1. The van der Waals surface area contributed by atoms with Crippen LogP contribution in [0.2, 0.25) is 0 Å². The Labute approximate surface area is 96.2 Å². The Morgan fingerprint density at radius 2 is 2.19 bits per heavy atom. The van der Waals surface area contributed by atoms with Gasteiger partial charge in [-0.05, 0) is 31.1 Å². The number of hydrogen-bond acceptors (Lipinski definition) is 2. The van der Waals surface area contributed by atoms with E-state index in [1.807, 2.05) is 0 Å². The Kier molecular flexibility index (Phi) is 2.91. The van der Waals surface area contributed by atoms with Crippen LogP contribution in [0.1, 0.15) is 46.0 Å². The number of rotatable bonds is 2. The molecule has 0 radical (unpaired) electrons. The van der Waals surface area contributed by atoms with Gasteiger partial charge in [0.15, 0.2) is 0 Å². The summed E-state index contributed by atoms with van der Waals surface area (Å²) >= 11 is 0. The van der Waals surface area contributed by atoms with Crippen molar-refractivity contribution in [2.45, 2.75) is 51.5 Å². The van der Waals surface area contributed by atoms with Crippen molar-refractivity contribution < 1.29 is 9.59 Å². The molecule has 2 unspecified atom stereocenters. The molecular weight excluding hydrogens is 204 g/mol. The highest BCUT2D eigenvalue weighted by Crippen LogP contribution is 2.37. The topological polar surface area (TPSA) is 58.2 Å². The monoisotopic (exact) mass is 224 g/mol. The molecule has 2 N–H and O–H groups in total. The van der Waals surface area contributed by atoms with Crippen molar-refractivity contribution in [3.05, 3.63) is 0 Å². The highest BCUT2D eigenvalue weighted by atomic mass is 16.2. The lowest BCUT2D eigenvalue weighted by Crippen LogP contribution is -2.50. The molecule has 4 nitrogen and oxygen atoms in total. The molecule has 1 spiro atoms. The summed E-state index contributed by atoms with van der Waals surface area (Å²) in [7, 11) is 0. The molecule has 1 aliphatic heterocycles. The second kappa shape index (κ2) is 4.07. The summed E-state index contributed by atoms with van der Waals surface area (Å²) in [5.74, 6) is 1.10. The van der Waals surface area contributed by atoms with E-state index in [0.717, 1.165) is 25.7 Å². The normalized spacial score (nSPS) is 34.3. The number of hydrogen-bond donors (Lipinski definition) is 2. The zero-order valence-corrected chi connectivity index (χ0v) is 10.0. The Morgan fingerprint density at radius 3 is 2.75 bits per heavy atom. The summed E-state index contributed by atoms with van der Waals surface area (Å²) in [5.41, 5.74) is -0.588. The molecule has 2 atom stereocenters. The predicted octanol–water partition coefficient (Wildman–Crippen LogP) is 1.80. The van der Waals surface area contributed by atoms with E-state index >= 15 is 0 Å². The number of carbonyl (C=O) groups excluding carboxylic acids is 2. The number of amides is 3. The van der Waals surface area contributed by atoms with Crippen LogP contribution in [0.25, 0.3) is 0 Å². The van der Waals surface area contributed by atoms with Crippen molar-refractivity contribution in [3.63, 3.8) is 0 Å². The van der Waals surface area contributed by atoms with Gasteiger partial charge < -0.3 is 5.32 Å². The standard InChI is InChI=1S/C12H20N2O2/c1-8(2)6-9-4-3-5-12(7-9)10(15)13-11(16)14-12/h8-9H,3-7H2,1-2H3,(H2,13,14,15,16). The Morgan fingerprint density at radius 1 is 1.44 bits per heavy atom. The Balaban J connectivity index is 2.06. The minimum atomic E-state index is -0.588. The Hall–Kier alpha value is -1.06. The number of imide groups is 1. The maximum Gasteiger partial charge on any atom is 0.322 e. The third-order valence-electron chi connectivity index (χ3n) is 3.67. The fraction of sp³-hybridized carbons (Fsp3) is 0.833. The van der Waals surface area contributed by atoms with Crippen LogP contribution in [0, 0.1) is 11.8 Å². The van der Waals surface area contributed by atoms with Gasteiger partial charge in [-0.1, -0.05) is 26.7 Å². The third-order valence-corrected chi connectivity index (χ3v) is 3.67. The summed E-state index contributed by atoms with van der Waals surface area (Å²) in [4.78, 5) is 23.0. The SMILES string of the molecule is CC(C)CC1CCCC2(C1)NC(=O)NC2=O. The molecule has 0 aromatic carbocycles. The van der Waals surface area contributed by atoms with Gasteiger partial charge in [0, 0.05) is 0 Å².